The first kappa shape index (κ1) is 9.23. The molecule has 0 bridgehead atoms. The van der Waals surface area contributed by atoms with Crippen molar-refractivity contribution in [3.8, 4) is 0 Å². The summed E-state index contributed by atoms with van der Waals surface area (Å²) in [5.41, 5.74) is 3.29. The Balaban J connectivity index is 3.00. The highest BCUT2D eigenvalue weighted by molar-refractivity contribution is 5.29. The van der Waals surface area contributed by atoms with Crippen molar-refractivity contribution in [2.24, 2.45) is 0 Å². The van der Waals surface area contributed by atoms with Crippen molar-refractivity contribution < 1.29 is 5.11 Å². The fourth-order valence-corrected chi connectivity index (χ4v) is 1.33. The maximum absolute atomic E-state index is 9.47. The van der Waals surface area contributed by atoms with Gasteiger partial charge in [-0.3, -0.25) is 5.32 Å². The van der Waals surface area contributed by atoms with Gasteiger partial charge in [0, 0.05) is 0 Å². The number of rotatable bonds is 2. The molecule has 2 nitrogen and oxygen atoms in total. The Labute approximate surface area is 73.2 Å². The summed E-state index contributed by atoms with van der Waals surface area (Å²) in [4.78, 5) is 0. The second-order valence-corrected chi connectivity index (χ2v) is 3.11. The van der Waals surface area contributed by atoms with Crippen molar-refractivity contribution in [3.05, 3.63) is 34.9 Å². The number of aliphatic hydroxyl groups excluding tert-OH is 1. The van der Waals surface area contributed by atoms with E-state index in [2.05, 4.69) is 11.4 Å². The van der Waals surface area contributed by atoms with Gasteiger partial charge in [0.15, 0.2) is 0 Å². The molecular formula is C10H15NO. The SMILES string of the molecule is CNC(O)c1cc(C)cc(C)c1. The standard InChI is InChI=1S/C10H15NO/c1-7-4-8(2)6-9(5-7)10(12)11-3/h4-6,10-12H,1-3H3. The van der Waals surface area contributed by atoms with Crippen LogP contribution in [0.1, 0.15) is 22.9 Å². The Morgan fingerprint density at radius 3 is 2.08 bits per heavy atom. The van der Waals surface area contributed by atoms with E-state index < -0.39 is 6.23 Å². The van der Waals surface area contributed by atoms with Gasteiger partial charge in [-0.05, 0) is 26.5 Å². The van der Waals surface area contributed by atoms with Crippen LogP contribution in [0.15, 0.2) is 18.2 Å². The predicted molar refractivity (Wildman–Crippen MR) is 49.9 cm³/mol. The van der Waals surface area contributed by atoms with E-state index in [0.29, 0.717) is 0 Å². The van der Waals surface area contributed by atoms with Crippen molar-refractivity contribution in [1.29, 1.82) is 0 Å². The topological polar surface area (TPSA) is 32.3 Å². The lowest BCUT2D eigenvalue weighted by Crippen LogP contribution is -2.15. The van der Waals surface area contributed by atoms with Gasteiger partial charge in [0.05, 0.1) is 0 Å². The summed E-state index contributed by atoms with van der Waals surface area (Å²) in [7, 11) is 1.74. The molecule has 0 heterocycles. The summed E-state index contributed by atoms with van der Waals surface area (Å²) in [6.07, 6.45) is -0.552. The van der Waals surface area contributed by atoms with Crippen LogP contribution in [0.4, 0.5) is 0 Å². The minimum atomic E-state index is -0.552. The first-order valence-corrected chi connectivity index (χ1v) is 4.07. The maximum Gasteiger partial charge on any atom is 0.130 e. The molecule has 0 aliphatic carbocycles. The molecule has 1 aromatic carbocycles. The number of nitrogens with one attached hydrogen (secondary N) is 1. The molecule has 2 heteroatoms. The van der Waals surface area contributed by atoms with E-state index in [1.54, 1.807) is 7.05 Å². The molecule has 0 saturated heterocycles. The largest absolute Gasteiger partial charge is 0.374 e. The van der Waals surface area contributed by atoms with Crippen LogP contribution in [-0.2, 0) is 0 Å². The van der Waals surface area contributed by atoms with Crippen LogP contribution in [0.2, 0.25) is 0 Å². The number of aryl methyl sites for hydroxylation is 2. The Kier molecular flexibility index (Phi) is 2.84. The second kappa shape index (κ2) is 3.70. The molecule has 1 rings (SSSR count). The van der Waals surface area contributed by atoms with E-state index in [9.17, 15) is 5.11 Å². The fraction of sp³-hybridized carbons (Fsp3) is 0.400. The Morgan fingerprint density at radius 1 is 1.17 bits per heavy atom. The fourth-order valence-electron chi connectivity index (χ4n) is 1.33. The van der Waals surface area contributed by atoms with E-state index in [1.165, 1.54) is 11.1 Å². The molecule has 0 fully saturated rings. The third kappa shape index (κ3) is 2.06. The van der Waals surface area contributed by atoms with E-state index >= 15 is 0 Å². The first-order chi connectivity index (χ1) is 5.63. The normalized spacial score (nSPS) is 13.0. The lowest BCUT2D eigenvalue weighted by atomic mass is 10.1. The average Bonchev–Trinajstić information content (AvgIpc) is 2.01. The minimum Gasteiger partial charge on any atom is -0.374 e. The summed E-state index contributed by atoms with van der Waals surface area (Å²) in [5, 5.41) is 12.3. The third-order valence-electron chi connectivity index (χ3n) is 1.83. The van der Waals surface area contributed by atoms with Gasteiger partial charge in [-0.15, -0.1) is 0 Å². The highest BCUT2D eigenvalue weighted by Crippen LogP contribution is 2.14. The van der Waals surface area contributed by atoms with Gasteiger partial charge in [-0.2, -0.15) is 0 Å². The van der Waals surface area contributed by atoms with Gasteiger partial charge in [0.25, 0.3) is 0 Å². The summed E-state index contributed by atoms with van der Waals surface area (Å²) in [6.45, 7) is 4.05. The molecule has 0 aliphatic heterocycles. The highest BCUT2D eigenvalue weighted by atomic mass is 16.3. The minimum absolute atomic E-state index is 0.552. The number of benzene rings is 1. The van der Waals surface area contributed by atoms with Crippen LogP contribution in [0, 0.1) is 13.8 Å². The first-order valence-electron chi connectivity index (χ1n) is 4.07. The van der Waals surface area contributed by atoms with E-state index in [4.69, 9.17) is 0 Å². The van der Waals surface area contributed by atoms with Gasteiger partial charge in [0.2, 0.25) is 0 Å². The Morgan fingerprint density at radius 2 is 1.67 bits per heavy atom. The van der Waals surface area contributed by atoms with E-state index in [-0.39, 0.29) is 0 Å². The number of hydrogen-bond donors (Lipinski definition) is 2. The van der Waals surface area contributed by atoms with Crippen LogP contribution < -0.4 is 5.32 Å². The third-order valence-corrected chi connectivity index (χ3v) is 1.83. The predicted octanol–water partition coefficient (Wildman–Crippen LogP) is 1.51. The summed E-state index contributed by atoms with van der Waals surface area (Å²) >= 11 is 0. The van der Waals surface area contributed by atoms with Crippen molar-refractivity contribution >= 4 is 0 Å². The molecule has 1 unspecified atom stereocenters. The van der Waals surface area contributed by atoms with Crippen molar-refractivity contribution in [1.82, 2.24) is 5.32 Å². The molecule has 1 aromatic rings. The zero-order chi connectivity index (χ0) is 9.14. The molecule has 66 valence electrons. The second-order valence-electron chi connectivity index (χ2n) is 3.11. The molecule has 0 aliphatic rings. The smallest absolute Gasteiger partial charge is 0.130 e. The van der Waals surface area contributed by atoms with Gasteiger partial charge in [-0.25, -0.2) is 0 Å². The molecule has 0 radical (unpaired) electrons. The molecule has 2 N–H and O–H groups in total. The average molecular weight is 165 g/mol. The summed E-state index contributed by atoms with van der Waals surface area (Å²) in [5.74, 6) is 0. The van der Waals surface area contributed by atoms with Gasteiger partial charge < -0.3 is 5.11 Å². The van der Waals surface area contributed by atoms with Crippen LogP contribution in [-0.4, -0.2) is 12.2 Å². The Hall–Kier alpha value is -0.860. The molecule has 0 spiro atoms. The van der Waals surface area contributed by atoms with Gasteiger partial charge in [-0.1, -0.05) is 29.3 Å². The van der Waals surface area contributed by atoms with Crippen molar-refractivity contribution in [2.75, 3.05) is 7.05 Å². The van der Waals surface area contributed by atoms with Gasteiger partial charge in [0.1, 0.15) is 6.23 Å². The zero-order valence-electron chi connectivity index (χ0n) is 7.76. The lowest BCUT2D eigenvalue weighted by molar-refractivity contribution is 0.149. The molecule has 0 amide bonds. The molecular weight excluding hydrogens is 150 g/mol. The van der Waals surface area contributed by atoms with Crippen LogP contribution >= 0.6 is 0 Å². The summed E-state index contributed by atoms with van der Waals surface area (Å²) < 4.78 is 0. The van der Waals surface area contributed by atoms with Crippen molar-refractivity contribution in [2.45, 2.75) is 20.1 Å². The van der Waals surface area contributed by atoms with E-state index in [0.717, 1.165) is 5.56 Å². The molecule has 12 heavy (non-hydrogen) atoms. The monoisotopic (exact) mass is 165 g/mol. The van der Waals surface area contributed by atoms with Crippen LogP contribution in [0.3, 0.4) is 0 Å². The maximum atomic E-state index is 9.47. The molecule has 0 saturated carbocycles. The van der Waals surface area contributed by atoms with Gasteiger partial charge >= 0.3 is 0 Å². The quantitative estimate of drug-likeness (QED) is 0.651. The highest BCUT2D eigenvalue weighted by Gasteiger charge is 2.04. The Bertz CT molecular complexity index is 250. The number of aliphatic hydroxyl groups is 1. The summed E-state index contributed by atoms with van der Waals surface area (Å²) in [6, 6.07) is 6.05. The van der Waals surface area contributed by atoms with E-state index in [1.807, 2.05) is 26.0 Å². The molecule has 1 atom stereocenters. The molecule has 0 aromatic heterocycles. The zero-order valence-corrected chi connectivity index (χ0v) is 7.76. The van der Waals surface area contributed by atoms with Crippen LogP contribution in [0.5, 0.6) is 0 Å². The lowest BCUT2D eigenvalue weighted by Gasteiger charge is -2.10. The van der Waals surface area contributed by atoms with Crippen molar-refractivity contribution in [3.63, 3.8) is 0 Å². The van der Waals surface area contributed by atoms with Crippen LogP contribution in [0.25, 0.3) is 0 Å². The number of hydrogen-bond acceptors (Lipinski definition) is 2.